The van der Waals surface area contributed by atoms with Crippen LogP contribution >= 0.6 is 0 Å². The Labute approximate surface area is 84.3 Å². The Kier molecular flexibility index (Phi) is 3.03. The van der Waals surface area contributed by atoms with Gasteiger partial charge in [-0.25, -0.2) is 0 Å². The van der Waals surface area contributed by atoms with Gasteiger partial charge in [0.25, 0.3) is 5.91 Å². The number of piperidine rings is 2. The highest BCUT2D eigenvalue weighted by Gasteiger charge is 2.32. The summed E-state index contributed by atoms with van der Waals surface area (Å²) in [5.41, 5.74) is 0. The van der Waals surface area contributed by atoms with E-state index in [0.717, 1.165) is 38.9 Å². The number of nitrogens with zero attached hydrogens (tertiary/aromatic N) is 1. The normalized spacial score (nSPS) is 30.8. The van der Waals surface area contributed by atoms with Crippen molar-refractivity contribution < 1.29 is 9.90 Å². The van der Waals surface area contributed by atoms with Crippen molar-refractivity contribution in [2.24, 2.45) is 0 Å². The zero-order valence-corrected chi connectivity index (χ0v) is 8.41. The van der Waals surface area contributed by atoms with Crippen LogP contribution in [0, 0.1) is 0 Å². The molecule has 0 saturated carbocycles. The zero-order chi connectivity index (χ0) is 9.97. The minimum atomic E-state index is -0.737. The van der Waals surface area contributed by atoms with Crippen molar-refractivity contribution in [3.63, 3.8) is 0 Å². The SMILES string of the molecule is O=C1C(O)CCCN1C1CCNCC1. The first kappa shape index (κ1) is 9.93. The van der Waals surface area contributed by atoms with Crippen LogP contribution in [0.15, 0.2) is 0 Å². The summed E-state index contributed by atoms with van der Waals surface area (Å²) in [7, 11) is 0. The van der Waals surface area contributed by atoms with Crippen LogP contribution in [0.25, 0.3) is 0 Å². The van der Waals surface area contributed by atoms with Gasteiger partial charge in [0, 0.05) is 12.6 Å². The van der Waals surface area contributed by atoms with Gasteiger partial charge in [0.1, 0.15) is 6.10 Å². The lowest BCUT2D eigenvalue weighted by molar-refractivity contribution is -0.147. The maximum atomic E-state index is 11.7. The molecule has 0 radical (unpaired) electrons. The van der Waals surface area contributed by atoms with Crippen LogP contribution < -0.4 is 5.32 Å². The Morgan fingerprint density at radius 2 is 2.00 bits per heavy atom. The van der Waals surface area contributed by atoms with E-state index in [1.54, 1.807) is 0 Å². The van der Waals surface area contributed by atoms with Crippen molar-refractivity contribution in [3.8, 4) is 0 Å². The molecule has 80 valence electrons. The summed E-state index contributed by atoms with van der Waals surface area (Å²) in [5.74, 6) is -0.0526. The van der Waals surface area contributed by atoms with E-state index in [4.69, 9.17) is 0 Å². The van der Waals surface area contributed by atoms with E-state index in [0.29, 0.717) is 12.5 Å². The molecule has 1 unspecified atom stereocenters. The van der Waals surface area contributed by atoms with Crippen LogP contribution in [0.5, 0.6) is 0 Å². The zero-order valence-electron chi connectivity index (χ0n) is 8.41. The molecular weight excluding hydrogens is 180 g/mol. The van der Waals surface area contributed by atoms with E-state index in [1.807, 2.05) is 4.90 Å². The van der Waals surface area contributed by atoms with Crippen molar-refractivity contribution in [1.82, 2.24) is 10.2 Å². The lowest BCUT2D eigenvalue weighted by Gasteiger charge is -2.38. The molecule has 4 nitrogen and oxygen atoms in total. The summed E-state index contributed by atoms with van der Waals surface area (Å²) in [6, 6.07) is 0.360. The van der Waals surface area contributed by atoms with Gasteiger partial charge in [-0.1, -0.05) is 0 Å². The Morgan fingerprint density at radius 3 is 2.71 bits per heavy atom. The maximum Gasteiger partial charge on any atom is 0.251 e. The third kappa shape index (κ3) is 1.91. The molecular formula is C10H18N2O2. The average molecular weight is 198 g/mol. The molecule has 2 rings (SSSR count). The fourth-order valence-electron chi connectivity index (χ4n) is 2.36. The second kappa shape index (κ2) is 4.28. The molecule has 2 aliphatic rings. The van der Waals surface area contributed by atoms with Crippen molar-refractivity contribution in [2.75, 3.05) is 19.6 Å². The second-order valence-corrected chi connectivity index (χ2v) is 4.17. The Bertz CT molecular complexity index is 214. The molecule has 0 aromatic heterocycles. The number of carbonyl (C=O) groups excluding carboxylic acids is 1. The van der Waals surface area contributed by atoms with Gasteiger partial charge in [-0.05, 0) is 38.8 Å². The predicted molar refractivity (Wildman–Crippen MR) is 52.8 cm³/mol. The number of hydrogen-bond donors (Lipinski definition) is 2. The number of nitrogens with one attached hydrogen (secondary N) is 1. The highest BCUT2D eigenvalue weighted by molar-refractivity contribution is 5.81. The van der Waals surface area contributed by atoms with Gasteiger partial charge < -0.3 is 15.3 Å². The molecule has 4 heteroatoms. The molecule has 0 spiro atoms. The quantitative estimate of drug-likeness (QED) is 0.609. The number of aliphatic hydroxyl groups is 1. The molecule has 0 bridgehead atoms. The van der Waals surface area contributed by atoms with Gasteiger partial charge in [-0.3, -0.25) is 4.79 Å². The summed E-state index contributed by atoms with van der Waals surface area (Å²) in [6.07, 6.45) is 2.90. The average Bonchev–Trinajstić information content (AvgIpc) is 2.23. The van der Waals surface area contributed by atoms with Crippen molar-refractivity contribution in [1.29, 1.82) is 0 Å². The Morgan fingerprint density at radius 1 is 1.29 bits per heavy atom. The number of carbonyl (C=O) groups is 1. The lowest BCUT2D eigenvalue weighted by Crippen LogP contribution is -2.52. The van der Waals surface area contributed by atoms with E-state index in [-0.39, 0.29) is 5.91 Å². The van der Waals surface area contributed by atoms with Gasteiger partial charge in [-0.2, -0.15) is 0 Å². The fraction of sp³-hybridized carbons (Fsp3) is 0.900. The smallest absolute Gasteiger partial charge is 0.251 e. The van der Waals surface area contributed by atoms with E-state index in [9.17, 15) is 9.90 Å². The van der Waals surface area contributed by atoms with E-state index in [2.05, 4.69) is 5.32 Å². The largest absolute Gasteiger partial charge is 0.383 e. The van der Waals surface area contributed by atoms with E-state index < -0.39 is 6.10 Å². The summed E-state index contributed by atoms with van der Waals surface area (Å²) < 4.78 is 0. The van der Waals surface area contributed by atoms with Crippen LogP contribution in [0.1, 0.15) is 25.7 Å². The van der Waals surface area contributed by atoms with Crippen LogP contribution in [0.3, 0.4) is 0 Å². The number of aliphatic hydroxyl groups excluding tert-OH is 1. The topological polar surface area (TPSA) is 52.6 Å². The molecule has 2 N–H and O–H groups in total. The fourth-order valence-corrected chi connectivity index (χ4v) is 2.36. The monoisotopic (exact) mass is 198 g/mol. The summed E-state index contributed by atoms with van der Waals surface area (Å²) in [5, 5.41) is 12.8. The van der Waals surface area contributed by atoms with Crippen molar-refractivity contribution >= 4 is 5.91 Å². The van der Waals surface area contributed by atoms with Gasteiger partial charge in [0.05, 0.1) is 0 Å². The van der Waals surface area contributed by atoms with E-state index >= 15 is 0 Å². The van der Waals surface area contributed by atoms with Gasteiger partial charge >= 0.3 is 0 Å². The van der Waals surface area contributed by atoms with E-state index in [1.165, 1.54) is 0 Å². The van der Waals surface area contributed by atoms with Gasteiger partial charge in [0.15, 0.2) is 0 Å². The highest BCUT2D eigenvalue weighted by atomic mass is 16.3. The molecule has 2 saturated heterocycles. The molecule has 0 aromatic rings. The van der Waals surface area contributed by atoms with Crippen LogP contribution in [0.2, 0.25) is 0 Å². The first-order valence-corrected chi connectivity index (χ1v) is 5.48. The maximum absolute atomic E-state index is 11.7. The molecule has 2 aliphatic heterocycles. The third-order valence-electron chi connectivity index (χ3n) is 3.19. The van der Waals surface area contributed by atoms with Crippen molar-refractivity contribution in [2.45, 2.75) is 37.8 Å². The molecule has 2 fully saturated rings. The third-order valence-corrected chi connectivity index (χ3v) is 3.19. The number of amides is 1. The highest BCUT2D eigenvalue weighted by Crippen LogP contribution is 2.19. The van der Waals surface area contributed by atoms with Crippen molar-refractivity contribution in [3.05, 3.63) is 0 Å². The Balaban J connectivity index is 1.97. The summed E-state index contributed by atoms with van der Waals surface area (Å²) >= 11 is 0. The van der Waals surface area contributed by atoms with Gasteiger partial charge in [0.2, 0.25) is 0 Å². The predicted octanol–water partition coefficient (Wildman–Crippen LogP) is -0.278. The molecule has 0 aliphatic carbocycles. The Hall–Kier alpha value is -0.610. The standard InChI is InChI=1S/C10H18N2O2/c13-9-2-1-7-12(10(9)14)8-3-5-11-6-4-8/h8-9,11,13H,1-7H2. The first-order chi connectivity index (χ1) is 6.79. The minimum Gasteiger partial charge on any atom is -0.383 e. The number of rotatable bonds is 1. The second-order valence-electron chi connectivity index (χ2n) is 4.17. The van der Waals surface area contributed by atoms with Crippen LogP contribution in [-0.4, -0.2) is 47.7 Å². The number of hydrogen-bond acceptors (Lipinski definition) is 3. The molecule has 1 amide bonds. The summed E-state index contributed by atoms with van der Waals surface area (Å²) in [4.78, 5) is 13.6. The van der Waals surface area contributed by atoms with Crippen LogP contribution in [-0.2, 0) is 4.79 Å². The first-order valence-electron chi connectivity index (χ1n) is 5.48. The molecule has 0 aromatic carbocycles. The minimum absolute atomic E-state index is 0.0526. The summed E-state index contributed by atoms with van der Waals surface area (Å²) in [6.45, 7) is 2.82. The number of likely N-dealkylation sites (tertiary alicyclic amines) is 1. The van der Waals surface area contributed by atoms with Crippen LogP contribution in [0.4, 0.5) is 0 Å². The van der Waals surface area contributed by atoms with Gasteiger partial charge in [-0.15, -0.1) is 0 Å². The molecule has 14 heavy (non-hydrogen) atoms. The lowest BCUT2D eigenvalue weighted by atomic mass is 9.99. The molecule has 2 heterocycles. The molecule has 1 atom stereocenters.